The van der Waals surface area contributed by atoms with Gasteiger partial charge in [-0.25, -0.2) is 4.79 Å². The molecule has 1 N–H and O–H groups in total. The first kappa shape index (κ1) is 17.5. The van der Waals surface area contributed by atoms with Gasteiger partial charge in [0.05, 0.1) is 6.54 Å². The van der Waals surface area contributed by atoms with Gasteiger partial charge in [-0.05, 0) is 30.5 Å². The molecule has 142 valence electrons. The van der Waals surface area contributed by atoms with E-state index >= 15 is 0 Å². The summed E-state index contributed by atoms with van der Waals surface area (Å²) in [5, 5.41) is 3.53. The molecule has 1 aliphatic carbocycles. The zero-order valence-electron chi connectivity index (χ0n) is 15.7. The van der Waals surface area contributed by atoms with Crippen molar-refractivity contribution in [1.29, 1.82) is 0 Å². The van der Waals surface area contributed by atoms with Crippen LogP contribution in [0.3, 0.4) is 0 Å². The Bertz CT molecular complexity index is 1070. The smallest absolute Gasteiger partial charge is 0.332 e. The molecule has 0 saturated heterocycles. The van der Waals surface area contributed by atoms with Crippen molar-refractivity contribution < 1.29 is 0 Å². The van der Waals surface area contributed by atoms with Gasteiger partial charge in [-0.15, -0.1) is 0 Å². The minimum absolute atomic E-state index is 0.327. The van der Waals surface area contributed by atoms with Crippen LogP contribution in [-0.4, -0.2) is 29.7 Å². The monoisotopic (exact) mass is 368 g/mol. The summed E-state index contributed by atoms with van der Waals surface area (Å²) in [6, 6.07) is 4.18. The Hall–Kier alpha value is -2.90. The number of imidazole rings is 1. The molecule has 1 aliphatic rings. The van der Waals surface area contributed by atoms with Crippen LogP contribution in [-0.2, 0) is 20.6 Å². The summed E-state index contributed by atoms with van der Waals surface area (Å²) in [5.41, 5.74) is 1.17. The lowest BCUT2D eigenvalue weighted by molar-refractivity contribution is 0.459. The molecular formula is C19H24N6O2. The van der Waals surface area contributed by atoms with Crippen LogP contribution in [0.25, 0.3) is 11.2 Å². The maximum Gasteiger partial charge on any atom is 0.332 e. The number of pyridine rings is 1. The summed E-state index contributed by atoms with van der Waals surface area (Å²) in [6.45, 7) is 0.488. The first-order valence-electron chi connectivity index (χ1n) is 9.38. The Balaban J connectivity index is 1.88. The van der Waals surface area contributed by atoms with Crippen LogP contribution >= 0.6 is 0 Å². The molecule has 0 bridgehead atoms. The Kier molecular flexibility index (Phi) is 4.55. The Morgan fingerprint density at radius 3 is 2.48 bits per heavy atom. The standard InChI is InChI=1S/C19H24N6O2/c1-23-16-15(17(26)24(2)19(23)27)25(12-13-8-10-20-11-9-13)18(22-16)21-14-6-4-3-5-7-14/h8-11,14H,3-7,12H2,1-2H3,(H,21,22). The molecule has 3 aromatic rings. The van der Waals surface area contributed by atoms with Gasteiger partial charge >= 0.3 is 5.69 Å². The summed E-state index contributed by atoms with van der Waals surface area (Å²) in [7, 11) is 3.15. The number of anilines is 1. The lowest BCUT2D eigenvalue weighted by Gasteiger charge is -2.23. The van der Waals surface area contributed by atoms with Crippen LogP contribution in [0.1, 0.15) is 37.7 Å². The number of hydrogen-bond donors (Lipinski definition) is 1. The third-order valence-corrected chi connectivity index (χ3v) is 5.38. The number of aryl methyl sites for hydroxylation is 1. The summed E-state index contributed by atoms with van der Waals surface area (Å²) in [4.78, 5) is 33.9. The number of nitrogens with zero attached hydrogens (tertiary/aromatic N) is 5. The van der Waals surface area contributed by atoms with E-state index < -0.39 is 0 Å². The first-order valence-corrected chi connectivity index (χ1v) is 9.38. The van der Waals surface area contributed by atoms with Crippen molar-refractivity contribution in [3.05, 3.63) is 50.9 Å². The van der Waals surface area contributed by atoms with E-state index in [4.69, 9.17) is 0 Å². The predicted octanol–water partition coefficient (Wildman–Crippen LogP) is 1.62. The molecule has 3 aromatic heterocycles. The first-order chi connectivity index (χ1) is 13.1. The number of hydrogen-bond acceptors (Lipinski definition) is 5. The van der Waals surface area contributed by atoms with Gasteiger partial charge in [0.15, 0.2) is 11.2 Å². The van der Waals surface area contributed by atoms with Crippen LogP contribution in [0.5, 0.6) is 0 Å². The van der Waals surface area contributed by atoms with E-state index in [-0.39, 0.29) is 11.2 Å². The highest BCUT2D eigenvalue weighted by Gasteiger charge is 2.22. The van der Waals surface area contributed by atoms with Gasteiger partial charge in [0.25, 0.3) is 5.56 Å². The third-order valence-electron chi connectivity index (χ3n) is 5.38. The average Bonchev–Trinajstić information content (AvgIpc) is 3.04. The Labute approximate surface area is 156 Å². The van der Waals surface area contributed by atoms with Crippen molar-refractivity contribution in [1.82, 2.24) is 23.7 Å². The van der Waals surface area contributed by atoms with Crippen molar-refractivity contribution >= 4 is 17.1 Å². The van der Waals surface area contributed by atoms with E-state index in [0.717, 1.165) is 23.0 Å². The quantitative estimate of drug-likeness (QED) is 0.756. The summed E-state index contributed by atoms with van der Waals surface area (Å²) in [6.07, 6.45) is 9.31. The van der Waals surface area contributed by atoms with Crippen LogP contribution in [0.4, 0.5) is 5.95 Å². The Morgan fingerprint density at radius 2 is 1.78 bits per heavy atom. The molecule has 0 amide bonds. The molecular weight excluding hydrogens is 344 g/mol. The maximum absolute atomic E-state index is 12.9. The molecule has 8 heteroatoms. The molecule has 1 saturated carbocycles. The second-order valence-electron chi connectivity index (χ2n) is 7.23. The van der Waals surface area contributed by atoms with Gasteiger partial charge in [-0.1, -0.05) is 19.3 Å². The zero-order chi connectivity index (χ0) is 19.0. The Morgan fingerprint density at radius 1 is 1.07 bits per heavy atom. The van der Waals surface area contributed by atoms with Crippen molar-refractivity contribution in [2.75, 3.05) is 5.32 Å². The van der Waals surface area contributed by atoms with Crippen molar-refractivity contribution in [3.8, 4) is 0 Å². The van der Waals surface area contributed by atoms with E-state index in [1.807, 2.05) is 16.7 Å². The van der Waals surface area contributed by atoms with Crippen LogP contribution < -0.4 is 16.6 Å². The molecule has 1 fully saturated rings. The van der Waals surface area contributed by atoms with Crippen LogP contribution in [0, 0.1) is 0 Å². The predicted molar refractivity (Wildman–Crippen MR) is 104 cm³/mol. The second kappa shape index (κ2) is 7.02. The molecule has 3 heterocycles. The third kappa shape index (κ3) is 3.15. The molecule has 0 spiro atoms. The number of nitrogens with one attached hydrogen (secondary N) is 1. The lowest BCUT2D eigenvalue weighted by atomic mass is 9.96. The summed E-state index contributed by atoms with van der Waals surface area (Å²) in [5.74, 6) is 0.645. The van der Waals surface area contributed by atoms with Crippen LogP contribution in [0.15, 0.2) is 34.1 Å². The van der Waals surface area contributed by atoms with E-state index in [1.54, 1.807) is 19.4 Å². The fourth-order valence-electron chi connectivity index (χ4n) is 3.81. The normalized spacial score (nSPS) is 15.3. The van der Waals surface area contributed by atoms with E-state index in [0.29, 0.717) is 29.7 Å². The van der Waals surface area contributed by atoms with Crippen molar-refractivity contribution in [2.24, 2.45) is 14.1 Å². The fraction of sp³-hybridized carbons (Fsp3) is 0.474. The van der Waals surface area contributed by atoms with E-state index in [2.05, 4.69) is 15.3 Å². The SMILES string of the molecule is Cn1c(=O)c2c(nc(NC3CCCCC3)n2Cc2ccncc2)n(C)c1=O. The molecule has 0 unspecified atom stereocenters. The summed E-state index contributed by atoms with van der Waals surface area (Å²) < 4.78 is 4.46. The molecule has 4 rings (SSSR count). The van der Waals surface area contributed by atoms with E-state index in [1.165, 1.54) is 30.9 Å². The maximum atomic E-state index is 12.9. The molecule has 0 radical (unpaired) electrons. The van der Waals surface area contributed by atoms with Gasteiger partial charge in [-0.3, -0.25) is 23.5 Å². The van der Waals surface area contributed by atoms with Gasteiger partial charge in [0, 0.05) is 32.5 Å². The molecule has 27 heavy (non-hydrogen) atoms. The zero-order valence-corrected chi connectivity index (χ0v) is 15.7. The topological polar surface area (TPSA) is 86.7 Å². The molecule has 0 atom stereocenters. The van der Waals surface area contributed by atoms with Crippen molar-refractivity contribution in [3.63, 3.8) is 0 Å². The number of rotatable bonds is 4. The van der Waals surface area contributed by atoms with Crippen LogP contribution in [0.2, 0.25) is 0 Å². The molecule has 0 aromatic carbocycles. The molecule has 8 nitrogen and oxygen atoms in total. The largest absolute Gasteiger partial charge is 0.353 e. The second-order valence-corrected chi connectivity index (χ2v) is 7.23. The number of fused-ring (bicyclic) bond motifs is 1. The van der Waals surface area contributed by atoms with Gasteiger partial charge in [0.1, 0.15) is 0 Å². The minimum Gasteiger partial charge on any atom is -0.353 e. The highest BCUT2D eigenvalue weighted by molar-refractivity contribution is 5.74. The van der Waals surface area contributed by atoms with Gasteiger partial charge < -0.3 is 5.32 Å². The average molecular weight is 368 g/mol. The molecule has 0 aliphatic heterocycles. The summed E-state index contributed by atoms with van der Waals surface area (Å²) >= 11 is 0. The number of aromatic nitrogens is 5. The fourth-order valence-corrected chi connectivity index (χ4v) is 3.81. The van der Waals surface area contributed by atoms with Crippen molar-refractivity contribution in [2.45, 2.75) is 44.7 Å². The van der Waals surface area contributed by atoms with E-state index in [9.17, 15) is 9.59 Å². The lowest BCUT2D eigenvalue weighted by Crippen LogP contribution is -2.37. The van der Waals surface area contributed by atoms with Gasteiger partial charge in [-0.2, -0.15) is 4.98 Å². The highest BCUT2D eigenvalue weighted by Crippen LogP contribution is 2.24. The minimum atomic E-state index is -0.370. The highest BCUT2D eigenvalue weighted by atomic mass is 16.2. The van der Waals surface area contributed by atoms with Gasteiger partial charge in [0.2, 0.25) is 5.95 Å².